The van der Waals surface area contributed by atoms with E-state index in [1.54, 1.807) is 24.3 Å². The van der Waals surface area contributed by atoms with Gasteiger partial charge in [0.1, 0.15) is 5.75 Å². The molecule has 1 atom stereocenters. The molecular weight excluding hydrogens is 323 g/mol. The van der Waals surface area contributed by atoms with Crippen molar-refractivity contribution in [1.82, 2.24) is 4.90 Å². The summed E-state index contributed by atoms with van der Waals surface area (Å²) in [5.74, 6) is -1.31. The molecule has 24 heavy (non-hydrogen) atoms. The Balaban J connectivity index is 1.79. The van der Waals surface area contributed by atoms with E-state index in [-0.39, 0.29) is 37.7 Å². The maximum absolute atomic E-state index is 12.8. The number of likely N-dealkylation sites (tertiary alicyclic amines) is 1. The van der Waals surface area contributed by atoms with Gasteiger partial charge in [0.2, 0.25) is 5.91 Å². The number of alkyl halides is 3. The van der Waals surface area contributed by atoms with Crippen molar-refractivity contribution >= 4 is 11.7 Å². The third-order valence-electron chi connectivity index (χ3n) is 4.08. The van der Waals surface area contributed by atoms with Gasteiger partial charge in [-0.15, -0.1) is 0 Å². The first-order chi connectivity index (χ1) is 11.3. The lowest BCUT2D eigenvalue weighted by Gasteiger charge is -2.33. The highest BCUT2D eigenvalue weighted by atomic mass is 19.4. The molecule has 0 spiro atoms. The first-order valence-electron chi connectivity index (χ1n) is 7.85. The molecule has 1 unspecified atom stereocenters. The highest BCUT2D eigenvalue weighted by molar-refractivity contribution is 5.94. The molecule has 0 radical (unpaired) electrons. The molecule has 1 aliphatic rings. The average Bonchev–Trinajstić information content (AvgIpc) is 2.54. The van der Waals surface area contributed by atoms with Crippen molar-refractivity contribution in [1.29, 1.82) is 0 Å². The number of ketones is 1. The number of amides is 1. The molecule has 1 saturated heterocycles. The van der Waals surface area contributed by atoms with Crippen molar-refractivity contribution in [3.63, 3.8) is 0 Å². The van der Waals surface area contributed by atoms with Gasteiger partial charge in [0.05, 0.1) is 18.9 Å². The fraction of sp³-hybridized carbons (Fsp3) is 0.529. The topological polar surface area (TPSA) is 46.6 Å². The lowest BCUT2D eigenvalue weighted by atomic mass is 9.97. The van der Waals surface area contributed by atoms with Gasteiger partial charge in [-0.3, -0.25) is 9.59 Å². The van der Waals surface area contributed by atoms with Crippen molar-refractivity contribution in [3.05, 3.63) is 29.8 Å². The normalized spacial score (nSPS) is 18.3. The number of halogens is 3. The van der Waals surface area contributed by atoms with Gasteiger partial charge in [-0.05, 0) is 44.0 Å². The summed E-state index contributed by atoms with van der Waals surface area (Å²) >= 11 is 0. The molecule has 0 bridgehead atoms. The van der Waals surface area contributed by atoms with Crippen molar-refractivity contribution < 1.29 is 27.5 Å². The van der Waals surface area contributed by atoms with Crippen LogP contribution >= 0.6 is 0 Å². The molecule has 1 aromatic rings. The van der Waals surface area contributed by atoms with Gasteiger partial charge >= 0.3 is 6.18 Å². The number of benzene rings is 1. The van der Waals surface area contributed by atoms with Crippen LogP contribution in [0.4, 0.5) is 13.2 Å². The molecule has 1 heterocycles. The monoisotopic (exact) mass is 343 g/mol. The van der Waals surface area contributed by atoms with E-state index >= 15 is 0 Å². The first-order valence-corrected chi connectivity index (χ1v) is 7.85. The van der Waals surface area contributed by atoms with Crippen LogP contribution in [0.15, 0.2) is 24.3 Å². The van der Waals surface area contributed by atoms with Crippen molar-refractivity contribution in [2.24, 2.45) is 5.92 Å². The summed E-state index contributed by atoms with van der Waals surface area (Å²) in [6, 6.07) is 6.50. The Morgan fingerprint density at radius 2 is 1.92 bits per heavy atom. The zero-order valence-corrected chi connectivity index (χ0v) is 13.4. The summed E-state index contributed by atoms with van der Waals surface area (Å²) in [6.45, 7) is 1.64. The van der Waals surface area contributed by atoms with Crippen LogP contribution in [0.5, 0.6) is 5.75 Å². The SMILES string of the molecule is CC(=O)c1ccc(OCCC(=O)N2CCCC(C(F)(F)F)C2)cc1. The standard InChI is InChI=1S/C17H20F3NO3/c1-12(22)13-4-6-15(7-5-13)24-10-8-16(23)21-9-2-3-14(11-21)17(18,19)20/h4-7,14H,2-3,8-11H2,1H3. The molecule has 2 rings (SSSR count). The molecular formula is C17H20F3NO3. The van der Waals surface area contributed by atoms with Crippen LogP contribution < -0.4 is 4.74 Å². The Bertz CT molecular complexity index is 584. The second kappa shape index (κ2) is 7.68. The predicted octanol–water partition coefficient (Wildman–Crippen LogP) is 3.46. The molecule has 1 fully saturated rings. The molecule has 4 nitrogen and oxygen atoms in total. The third-order valence-corrected chi connectivity index (χ3v) is 4.08. The van der Waals surface area contributed by atoms with Crippen LogP contribution in [0.25, 0.3) is 0 Å². The molecule has 0 saturated carbocycles. The minimum absolute atomic E-state index is 0.0268. The summed E-state index contributed by atoms with van der Waals surface area (Å²) < 4.78 is 43.7. The summed E-state index contributed by atoms with van der Waals surface area (Å²) in [5.41, 5.74) is 0.560. The molecule has 7 heteroatoms. The van der Waals surface area contributed by atoms with E-state index < -0.39 is 12.1 Å². The highest BCUT2D eigenvalue weighted by Crippen LogP contribution is 2.33. The van der Waals surface area contributed by atoms with Crippen LogP contribution in [0, 0.1) is 5.92 Å². The van der Waals surface area contributed by atoms with E-state index in [2.05, 4.69) is 0 Å². The van der Waals surface area contributed by atoms with Crippen molar-refractivity contribution in [2.75, 3.05) is 19.7 Å². The van der Waals surface area contributed by atoms with Crippen LogP contribution in [-0.4, -0.2) is 42.5 Å². The van der Waals surface area contributed by atoms with Gasteiger partial charge in [-0.1, -0.05) is 0 Å². The van der Waals surface area contributed by atoms with Crippen molar-refractivity contribution in [2.45, 2.75) is 32.4 Å². The zero-order valence-electron chi connectivity index (χ0n) is 13.4. The van der Waals surface area contributed by atoms with Crippen molar-refractivity contribution in [3.8, 4) is 5.75 Å². The Morgan fingerprint density at radius 1 is 1.25 bits per heavy atom. The average molecular weight is 343 g/mol. The molecule has 0 N–H and O–H groups in total. The number of hydrogen-bond donors (Lipinski definition) is 0. The largest absolute Gasteiger partial charge is 0.493 e. The van der Waals surface area contributed by atoms with Gasteiger partial charge in [-0.2, -0.15) is 13.2 Å². The summed E-state index contributed by atoms with van der Waals surface area (Å²) in [6.07, 6.45) is -3.79. The molecule has 0 aromatic heterocycles. The lowest BCUT2D eigenvalue weighted by molar-refractivity contribution is -0.188. The predicted molar refractivity (Wildman–Crippen MR) is 81.9 cm³/mol. The molecule has 1 aliphatic heterocycles. The first kappa shape index (κ1) is 18.3. The van der Waals surface area contributed by atoms with E-state index in [0.717, 1.165) is 0 Å². The number of hydrogen-bond acceptors (Lipinski definition) is 3. The summed E-state index contributed by atoms with van der Waals surface area (Å²) in [4.78, 5) is 24.5. The maximum atomic E-state index is 12.8. The van der Waals surface area contributed by atoms with E-state index in [9.17, 15) is 22.8 Å². The minimum Gasteiger partial charge on any atom is -0.493 e. The van der Waals surface area contributed by atoms with E-state index in [0.29, 0.717) is 24.3 Å². The fourth-order valence-electron chi connectivity index (χ4n) is 2.67. The van der Waals surface area contributed by atoms with Gasteiger partial charge < -0.3 is 9.64 Å². The fourth-order valence-corrected chi connectivity index (χ4v) is 2.67. The lowest BCUT2D eigenvalue weighted by Crippen LogP contribution is -2.44. The third kappa shape index (κ3) is 4.97. The number of piperidine rings is 1. The number of rotatable bonds is 5. The van der Waals surface area contributed by atoms with E-state index in [4.69, 9.17) is 4.74 Å². The Kier molecular flexibility index (Phi) is 5.85. The van der Waals surface area contributed by atoms with Crippen LogP contribution in [0.2, 0.25) is 0 Å². The van der Waals surface area contributed by atoms with Gasteiger partial charge in [0, 0.05) is 18.7 Å². The number of Topliss-reactive ketones (excluding diaryl/α,β-unsaturated/α-hetero) is 1. The quantitative estimate of drug-likeness (QED) is 0.769. The van der Waals surface area contributed by atoms with Crippen LogP contribution in [0.3, 0.4) is 0 Å². The van der Waals surface area contributed by atoms with Gasteiger partial charge in [0.25, 0.3) is 0 Å². The van der Waals surface area contributed by atoms with E-state index in [1.165, 1.54) is 11.8 Å². The van der Waals surface area contributed by atoms with Crippen LogP contribution in [-0.2, 0) is 4.79 Å². The molecule has 0 aliphatic carbocycles. The maximum Gasteiger partial charge on any atom is 0.393 e. The molecule has 1 aromatic carbocycles. The number of ether oxygens (including phenoxy) is 1. The number of carbonyl (C=O) groups excluding carboxylic acids is 2. The van der Waals surface area contributed by atoms with Gasteiger partial charge in [0.15, 0.2) is 5.78 Å². The Labute approximate surface area is 138 Å². The summed E-state index contributed by atoms with van der Waals surface area (Å²) in [7, 11) is 0. The molecule has 1 amide bonds. The number of nitrogens with zero attached hydrogens (tertiary/aromatic N) is 1. The summed E-state index contributed by atoms with van der Waals surface area (Å²) in [5, 5.41) is 0. The minimum atomic E-state index is -4.26. The van der Waals surface area contributed by atoms with Gasteiger partial charge in [-0.25, -0.2) is 0 Å². The Hall–Kier alpha value is -2.05. The zero-order chi connectivity index (χ0) is 17.7. The van der Waals surface area contributed by atoms with Crippen LogP contribution in [0.1, 0.15) is 36.5 Å². The highest BCUT2D eigenvalue weighted by Gasteiger charge is 2.42. The molecule has 132 valence electrons. The second-order valence-corrected chi connectivity index (χ2v) is 5.90. The van der Waals surface area contributed by atoms with E-state index in [1.807, 2.05) is 0 Å². The number of carbonyl (C=O) groups is 2. The Morgan fingerprint density at radius 3 is 2.50 bits per heavy atom. The smallest absolute Gasteiger partial charge is 0.393 e. The second-order valence-electron chi connectivity index (χ2n) is 5.90.